The summed E-state index contributed by atoms with van der Waals surface area (Å²) in [4.78, 5) is 4.93. The molecule has 2 heterocycles. The number of halogens is 1. The smallest absolute Gasteiger partial charge is 0.165 e. The summed E-state index contributed by atoms with van der Waals surface area (Å²) >= 11 is 6.42. The van der Waals surface area contributed by atoms with Crippen molar-refractivity contribution in [2.24, 2.45) is 5.92 Å². The molecular weight excluding hydrogens is 344 g/mol. The van der Waals surface area contributed by atoms with Crippen LogP contribution in [0, 0.1) is 5.92 Å². The molecule has 0 aliphatic rings. The average Bonchev–Trinajstić information content (AvgIpc) is 2.98. The molecule has 0 amide bonds. The fourth-order valence-corrected chi connectivity index (χ4v) is 3.07. The van der Waals surface area contributed by atoms with Crippen molar-refractivity contribution in [2.45, 2.75) is 46.5 Å². The molecule has 0 spiro atoms. The lowest BCUT2D eigenvalue weighted by Crippen LogP contribution is -2.17. The Kier molecular flexibility index (Phi) is 5.24. The van der Waals surface area contributed by atoms with Gasteiger partial charge in [-0.3, -0.25) is 0 Å². The lowest BCUT2D eigenvalue weighted by molar-refractivity contribution is 0.568. The molecule has 0 radical (unpaired) electrons. The highest BCUT2D eigenvalue weighted by Crippen LogP contribution is 2.33. The van der Waals surface area contributed by atoms with Crippen LogP contribution >= 0.6 is 11.6 Å². The molecular formula is C21H27ClN4. The van der Waals surface area contributed by atoms with Crippen LogP contribution in [-0.2, 0) is 5.41 Å². The summed E-state index contributed by atoms with van der Waals surface area (Å²) in [7, 11) is 0. The standard InChI is InChI=1S/C21H27ClN4/c1-14(2)10-11-23-19-12-18(21(3,4)5)25-20-16(13-24-26(19)20)15-8-6-7-9-17(15)22/h6-9,12-14,23H,10-11H2,1-5H3. The second-order valence-electron chi connectivity index (χ2n) is 8.16. The molecule has 3 aromatic rings. The minimum atomic E-state index is -0.0573. The average molecular weight is 371 g/mol. The predicted octanol–water partition coefficient (Wildman–Crippen LogP) is 5.81. The molecule has 3 rings (SSSR count). The van der Waals surface area contributed by atoms with Crippen molar-refractivity contribution >= 4 is 23.1 Å². The van der Waals surface area contributed by atoms with E-state index in [1.165, 1.54) is 0 Å². The van der Waals surface area contributed by atoms with Crippen molar-refractivity contribution in [3.05, 3.63) is 47.2 Å². The Labute approximate surface area is 160 Å². The largest absolute Gasteiger partial charge is 0.370 e. The van der Waals surface area contributed by atoms with Crippen LogP contribution in [0.4, 0.5) is 5.82 Å². The lowest BCUT2D eigenvalue weighted by Gasteiger charge is -2.20. The maximum absolute atomic E-state index is 6.42. The van der Waals surface area contributed by atoms with Crippen molar-refractivity contribution in [1.82, 2.24) is 14.6 Å². The van der Waals surface area contributed by atoms with E-state index in [0.29, 0.717) is 10.9 Å². The second-order valence-corrected chi connectivity index (χ2v) is 8.57. The van der Waals surface area contributed by atoms with E-state index in [0.717, 1.165) is 41.3 Å². The topological polar surface area (TPSA) is 42.2 Å². The van der Waals surface area contributed by atoms with Gasteiger partial charge in [-0.1, -0.05) is 64.4 Å². The van der Waals surface area contributed by atoms with Gasteiger partial charge in [0.15, 0.2) is 5.65 Å². The van der Waals surface area contributed by atoms with Crippen molar-refractivity contribution in [1.29, 1.82) is 0 Å². The zero-order valence-electron chi connectivity index (χ0n) is 16.2. The summed E-state index contributed by atoms with van der Waals surface area (Å²) in [5.41, 5.74) is 3.71. The lowest BCUT2D eigenvalue weighted by atomic mass is 9.92. The molecule has 0 aliphatic heterocycles. The van der Waals surface area contributed by atoms with Crippen LogP contribution in [-0.4, -0.2) is 21.1 Å². The number of hydrogen-bond donors (Lipinski definition) is 1. The van der Waals surface area contributed by atoms with Gasteiger partial charge >= 0.3 is 0 Å². The first-order valence-corrected chi connectivity index (χ1v) is 9.53. The number of rotatable bonds is 5. The highest BCUT2D eigenvalue weighted by Gasteiger charge is 2.21. The first kappa shape index (κ1) is 18.7. The molecule has 26 heavy (non-hydrogen) atoms. The van der Waals surface area contributed by atoms with Crippen molar-refractivity contribution in [3.8, 4) is 11.1 Å². The molecule has 0 aliphatic carbocycles. The van der Waals surface area contributed by atoms with Crippen LogP contribution in [0.1, 0.15) is 46.7 Å². The Hall–Kier alpha value is -2.07. The van der Waals surface area contributed by atoms with Crippen molar-refractivity contribution < 1.29 is 0 Å². The number of aromatic nitrogens is 3. The summed E-state index contributed by atoms with van der Waals surface area (Å²) in [6.45, 7) is 11.9. The van der Waals surface area contributed by atoms with E-state index >= 15 is 0 Å². The van der Waals surface area contributed by atoms with Crippen LogP contribution in [0.5, 0.6) is 0 Å². The summed E-state index contributed by atoms with van der Waals surface area (Å²) in [6, 6.07) is 9.94. The summed E-state index contributed by atoms with van der Waals surface area (Å²) in [6.07, 6.45) is 2.96. The van der Waals surface area contributed by atoms with E-state index < -0.39 is 0 Å². The van der Waals surface area contributed by atoms with Gasteiger partial charge in [0.25, 0.3) is 0 Å². The Morgan fingerprint density at radius 1 is 1.15 bits per heavy atom. The fourth-order valence-electron chi connectivity index (χ4n) is 2.83. The molecule has 138 valence electrons. The summed E-state index contributed by atoms with van der Waals surface area (Å²) in [5.74, 6) is 1.62. The Balaban J connectivity index is 2.14. The molecule has 1 aromatic carbocycles. The first-order valence-electron chi connectivity index (χ1n) is 9.15. The Bertz CT molecular complexity index is 906. The Morgan fingerprint density at radius 3 is 2.54 bits per heavy atom. The summed E-state index contributed by atoms with van der Waals surface area (Å²) < 4.78 is 1.88. The number of hydrogen-bond acceptors (Lipinski definition) is 3. The van der Waals surface area contributed by atoms with Gasteiger partial charge in [-0.2, -0.15) is 9.61 Å². The zero-order valence-corrected chi connectivity index (χ0v) is 16.9. The molecule has 0 atom stereocenters. The normalized spacial score (nSPS) is 12.1. The zero-order chi connectivity index (χ0) is 18.9. The van der Waals surface area contributed by atoms with Crippen LogP contribution in [0.15, 0.2) is 36.5 Å². The highest BCUT2D eigenvalue weighted by molar-refractivity contribution is 6.33. The maximum atomic E-state index is 6.42. The van der Waals surface area contributed by atoms with E-state index in [2.05, 4.69) is 51.1 Å². The van der Waals surface area contributed by atoms with E-state index in [1.54, 1.807) is 0 Å². The number of benzene rings is 1. The van der Waals surface area contributed by atoms with E-state index in [1.807, 2.05) is 35.0 Å². The van der Waals surface area contributed by atoms with Gasteiger partial charge in [0.05, 0.1) is 11.9 Å². The quantitative estimate of drug-likeness (QED) is 0.616. The number of anilines is 1. The van der Waals surface area contributed by atoms with Gasteiger partial charge in [-0.05, 0) is 18.4 Å². The molecule has 4 nitrogen and oxygen atoms in total. The molecule has 0 unspecified atom stereocenters. The first-order chi connectivity index (χ1) is 12.3. The molecule has 5 heteroatoms. The predicted molar refractivity (Wildman–Crippen MR) is 110 cm³/mol. The monoisotopic (exact) mass is 370 g/mol. The minimum absolute atomic E-state index is 0.0573. The van der Waals surface area contributed by atoms with Crippen LogP contribution < -0.4 is 5.32 Å². The fraction of sp³-hybridized carbons (Fsp3) is 0.429. The van der Waals surface area contributed by atoms with Gasteiger partial charge in [-0.15, -0.1) is 0 Å². The van der Waals surface area contributed by atoms with E-state index in [-0.39, 0.29) is 5.41 Å². The molecule has 0 saturated carbocycles. The second kappa shape index (κ2) is 7.28. The Morgan fingerprint density at radius 2 is 1.88 bits per heavy atom. The van der Waals surface area contributed by atoms with Crippen molar-refractivity contribution in [3.63, 3.8) is 0 Å². The van der Waals surface area contributed by atoms with Gasteiger partial charge in [0, 0.05) is 34.2 Å². The van der Waals surface area contributed by atoms with E-state index in [9.17, 15) is 0 Å². The molecule has 1 N–H and O–H groups in total. The number of nitrogens with zero attached hydrogens (tertiary/aromatic N) is 3. The molecule has 0 saturated heterocycles. The van der Waals surface area contributed by atoms with Gasteiger partial charge < -0.3 is 5.32 Å². The van der Waals surface area contributed by atoms with Gasteiger partial charge in [-0.25, -0.2) is 4.98 Å². The third kappa shape index (κ3) is 3.85. The third-order valence-corrected chi connectivity index (χ3v) is 4.76. The molecule has 0 bridgehead atoms. The molecule has 2 aromatic heterocycles. The SMILES string of the molecule is CC(C)CCNc1cc(C(C)(C)C)nc2c(-c3ccccc3Cl)cnn12. The van der Waals surface area contributed by atoms with Crippen LogP contribution in [0.25, 0.3) is 16.8 Å². The van der Waals surface area contributed by atoms with Gasteiger partial charge in [0.1, 0.15) is 5.82 Å². The van der Waals surface area contributed by atoms with Crippen molar-refractivity contribution in [2.75, 3.05) is 11.9 Å². The number of fused-ring (bicyclic) bond motifs is 1. The number of nitrogens with one attached hydrogen (secondary N) is 1. The van der Waals surface area contributed by atoms with Crippen LogP contribution in [0.3, 0.4) is 0 Å². The van der Waals surface area contributed by atoms with E-state index in [4.69, 9.17) is 16.6 Å². The summed E-state index contributed by atoms with van der Waals surface area (Å²) in [5, 5.41) is 8.84. The maximum Gasteiger partial charge on any atom is 0.165 e. The molecule has 0 fully saturated rings. The van der Waals surface area contributed by atoms with Crippen LogP contribution in [0.2, 0.25) is 5.02 Å². The van der Waals surface area contributed by atoms with Gasteiger partial charge in [0.2, 0.25) is 0 Å². The third-order valence-electron chi connectivity index (χ3n) is 4.43. The highest BCUT2D eigenvalue weighted by atomic mass is 35.5. The minimum Gasteiger partial charge on any atom is -0.370 e.